The Hall–Kier alpha value is -3.06. The molecule has 0 aliphatic carbocycles. The molecule has 2 aliphatic heterocycles. The standard InChI is InChI=1S/C21H19ClN2O5/c22-16-11-15(12-18-20(16)28-10-4-9-27-18)21(26)29-13-19(25)24-8-7-17(23-24)14-5-2-1-3-6-14/h1-3,5-6,11-12H,4,7-10,13H2. The third-order valence-corrected chi connectivity index (χ3v) is 4.84. The van der Waals surface area contributed by atoms with E-state index in [0.717, 1.165) is 17.7 Å². The van der Waals surface area contributed by atoms with Crippen LogP contribution in [0.25, 0.3) is 0 Å². The fourth-order valence-corrected chi connectivity index (χ4v) is 3.37. The predicted octanol–water partition coefficient (Wildman–Crippen LogP) is 3.29. The summed E-state index contributed by atoms with van der Waals surface area (Å²) in [6, 6.07) is 12.6. The molecule has 7 nitrogen and oxygen atoms in total. The Morgan fingerprint density at radius 2 is 1.93 bits per heavy atom. The first-order valence-electron chi connectivity index (χ1n) is 9.31. The van der Waals surface area contributed by atoms with Gasteiger partial charge in [0.15, 0.2) is 18.1 Å². The number of carbonyl (C=O) groups is 2. The molecule has 0 unspecified atom stereocenters. The molecular formula is C21H19ClN2O5. The zero-order valence-corrected chi connectivity index (χ0v) is 16.4. The van der Waals surface area contributed by atoms with Crippen molar-refractivity contribution in [1.82, 2.24) is 5.01 Å². The minimum Gasteiger partial charge on any atom is -0.489 e. The Bertz CT molecular complexity index is 961. The monoisotopic (exact) mass is 414 g/mol. The van der Waals surface area contributed by atoms with Gasteiger partial charge in [0.1, 0.15) is 0 Å². The number of hydrogen-bond donors (Lipinski definition) is 0. The maximum atomic E-state index is 12.4. The molecule has 0 aromatic heterocycles. The molecule has 4 rings (SSSR count). The number of amides is 1. The summed E-state index contributed by atoms with van der Waals surface area (Å²) in [4.78, 5) is 24.8. The van der Waals surface area contributed by atoms with Gasteiger partial charge in [-0.1, -0.05) is 41.9 Å². The molecular weight excluding hydrogens is 396 g/mol. The zero-order chi connectivity index (χ0) is 20.2. The van der Waals surface area contributed by atoms with Crippen LogP contribution in [0.5, 0.6) is 11.5 Å². The maximum absolute atomic E-state index is 12.4. The number of fused-ring (bicyclic) bond motifs is 1. The van der Waals surface area contributed by atoms with Crippen LogP contribution in [-0.2, 0) is 9.53 Å². The van der Waals surface area contributed by atoms with Crippen molar-refractivity contribution in [3.8, 4) is 11.5 Å². The van der Waals surface area contributed by atoms with Crippen molar-refractivity contribution < 1.29 is 23.8 Å². The van der Waals surface area contributed by atoms with E-state index in [9.17, 15) is 9.59 Å². The van der Waals surface area contributed by atoms with Gasteiger partial charge in [0.25, 0.3) is 5.91 Å². The molecule has 8 heteroatoms. The molecule has 0 N–H and O–H groups in total. The topological polar surface area (TPSA) is 77.4 Å². The third-order valence-electron chi connectivity index (χ3n) is 4.56. The molecule has 0 atom stereocenters. The van der Waals surface area contributed by atoms with E-state index < -0.39 is 12.6 Å². The van der Waals surface area contributed by atoms with E-state index in [4.69, 9.17) is 25.8 Å². The SMILES string of the molecule is O=C(OCC(=O)N1CCC(c2ccccc2)=N1)c1cc(Cl)c2c(c1)OCCCO2. The van der Waals surface area contributed by atoms with Gasteiger partial charge >= 0.3 is 5.97 Å². The van der Waals surface area contributed by atoms with Crippen molar-refractivity contribution in [1.29, 1.82) is 0 Å². The highest BCUT2D eigenvalue weighted by Crippen LogP contribution is 2.38. The second-order valence-corrected chi connectivity index (χ2v) is 7.00. The number of nitrogens with zero attached hydrogens (tertiary/aromatic N) is 2. The molecule has 0 saturated carbocycles. The normalized spacial score (nSPS) is 15.5. The molecule has 1 amide bonds. The van der Waals surface area contributed by atoms with Gasteiger partial charge in [0.05, 0.1) is 36.1 Å². The second-order valence-electron chi connectivity index (χ2n) is 6.59. The lowest BCUT2D eigenvalue weighted by atomic mass is 10.1. The van der Waals surface area contributed by atoms with Crippen molar-refractivity contribution in [3.05, 3.63) is 58.6 Å². The van der Waals surface area contributed by atoms with Crippen LogP contribution in [0.3, 0.4) is 0 Å². The van der Waals surface area contributed by atoms with Crippen LogP contribution in [-0.4, -0.2) is 49.0 Å². The van der Waals surface area contributed by atoms with Crippen LogP contribution in [0.2, 0.25) is 5.02 Å². The fourth-order valence-electron chi connectivity index (χ4n) is 3.10. The van der Waals surface area contributed by atoms with E-state index in [1.807, 2.05) is 30.3 Å². The molecule has 2 aromatic carbocycles. The van der Waals surface area contributed by atoms with Gasteiger partial charge in [-0.25, -0.2) is 9.80 Å². The molecule has 0 spiro atoms. The first-order valence-corrected chi connectivity index (χ1v) is 9.69. The average Bonchev–Trinajstić information content (AvgIpc) is 3.11. The van der Waals surface area contributed by atoms with Gasteiger partial charge in [0, 0.05) is 12.8 Å². The number of ether oxygens (including phenoxy) is 3. The van der Waals surface area contributed by atoms with Crippen molar-refractivity contribution in [2.75, 3.05) is 26.4 Å². The van der Waals surface area contributed by atoms with Crippen molar-refractivity contribution >= 4 is 29.2 Å². The minimum atomic E-state index is -0.664. The highest BCUT2D eigenvalue weighted by atomic mass is 35.5. The summed E-state index contributed by atoms with van der Waals surface area (Å²) in [7, 11) is 0. The summed E-state index contributed by atoms with van der Waals surface area (Å²) in [5, 5.41) is 5.94. The molecule has 0 bridgehead atoms. The van der Waals surface area contributed by atoms with Gasteiger partial charge in [-0.3, -0.25) is 4.79 Å². The number of hydrogen-bond acceptors (Lipinski definition) is 6. The molecule has 0 radical (unpaired) electrons. The van der Waals surface area contributed by atoms with E-state index in [0.29, 0.717) is 37.7 Å². The highest BCUT2D eigenvalue weighted by Gasteiger charge is 2.24. The molecule has 2 aromatic rings. The smallest absolute Gasteiger partial charge is 0.338 e. The largest absolute Gasteiger partial charge is 0.489 e. The number of rotatable bonds is 4. The molecule has 29 heavy (non-hydrogen) atoms. The molecule has 2 heterocycles. The summed E-state index contributed by atoms with van der Waals surface area (Å²) >= 11 is 6.20. The predicted molar refractivity (Wildman–Crippen MR) is 107 cm³/mol. The first kappa shape index (κ1) is 19.3. The number of esters is 1. The summed E-state index contributed by atoms with van der Waals surface area (Å²) in [5.74, 6) is -0.242. The molecule has 150 valence electrons. The first-order chi connectivity index (χ1) is 14.1. The van der Waals surface area contributed by atoms with Crippen molar-refractivity contribution in [3.63, 3.8) is 0 Å². The van der Waals surface area contributed by atoms with Crippen LogP contribution < -0.4 is 9.47 Å². The average molecular weight is 415 g/mol. The summed E-state index contributed by atoms with van der Waals surface area (Å²) in [6.07, 6.45) is 1.38. The number of benzene rings is 2. The van der Waals surface area contributed by atoms with E-state index in [-0.39, 0.29) is 16.5 Å². The van der Waals surface area contributed by atoms with Crippen LogP contribution >= 0.6 is 11.6 Å². The zero-order valence-electron chi connectivity index (χ0n) is 15.6. The van der Waals surface area contributed by atoms with Gasteiger partial charge < -0.3 is 14.2 Å². The fraction of sp³-hybridized carbons (Fsp3) is 0.286. The van der Waals surface area contributed by atoms with Gasteiger partial charge in [-0.15, -0.1) is 0 Å². The lowest BCUT2D eigenvalue weighted by molar-refractivity contribution is -0.134. The van der Waals surface area contributed by atoms with Crippen molar-refractivity contribution in [2.45, 2.75) is 12.8 Å². The van der Waals surface area contributed by atoms with Gasteiger partial charge in [0.2, 0.25) is 0 Å². The van der Waals surface area contributed by atoms with Crippen molar-refractivity contribution in [2.24, 2.45) is 5.10 Å². The summed E-state index contributed by atoms with van der Waals surface area (Å²) < 4.78 is 16.3. The molecule has 2 aliphatic rings. The van der Waals surface area contributed by atoms with Crippen LogP contribution in [0.4, 0.5) is 0 Å². The Morgan fingerprint density at radius 1 is 1.14 bits per heavy atom. The van der Waals surface area contributed by atoms with Gasteiger partial charge in [-0.2, -0.15) is 5.10 Å². The van der Waals surface area contributed by atoms with E-state index in [1.54, 1.807) is 0 Å². The van der Waals surface area contributed by atoms with E-state index in [1.165, 1.54) is 17.1 Å². The lowest BCUT2D eigenvalue weighted by Gasteiger charge is -2.13. The van der Waals surface area contributed by atoms with Crippen LogP contribution in [0, 0.1) is 0 Å². The van der Waals surface area contributed by atoms with Crippen LogP contribution in [0.15, 0.2) is 47.6 Å². The second kappa shape index (κ2) is 8.53. The van der Waals surface area contributed by atoms with E-state index >= 15 is 0 Å². The third kappa shape index (κ3) is 4.35. The van der Waals surface area contributed by atoms with Gasteiger partial charge in [-0.05, 0) is 17.7 Å². The van der Waals surface area contributed by atoms with E-state index in [2.05, 4.69) is 5.10 Å². The Kier molecular flexibility index (Phi) is 5.67. The maximum Gasteiger partial charge on any atom is 0.338 e. The Morgan fingerprint density at radius 3 is 2.76 bits per heavy atom. The summed E-state index contributed by atoms with van der Waals surface area (Å²) in [5.41, 5.74) is 2.00. The lowest BCUT2D eigenvalue weighted by Crippen LogP contribution is -2.28. The van der Waals surface area contributed by atoms with Crippen LogP contribution in [0.1, 0.15) is 28.8 Å². The Labute approximate surface area is 172 Å². The minimum absolute atomic E-state index is 0.196. The number of halogens is 1. The summed E-state index contributed by atoms with van der Waals surface area (Å²) in [6.45, 7) is 1.01. The molecule has 0 fully saturated rings. The quantitative estimate of drug-likeness (QED) is 0.717. The highest BCUT2D eigenvalue weighted by molar-refractivity contribution is 6.32. The number of hydrazone groups is 1. The number of carbonyl (C=O) groups excluding carboxylic acids is 2. The molecule has 0 saturated heterocycles. The Balaban J connectivity index is 1.39.